The minimum atomic E-state index is 0.399. The average molecular weight is 262 g/mol. The lowest BCUT2D eigenvalue weighted by molar-refractivity contribution is 0.476. The Bertz CT molecular complexity index is 540. The molecule has 0 aliphatic carbocycles. The molecule has 94 valence electrons. The summed E-state index contributed by atoms with van der Waals surface area (Å²) in [6.07, 6.45) is 2.76. The van der Waals surface area contributed by atoms with E-state index in [2.05, 4.69) is 18.0 Å². The molecule has 0 saturated carbocycles. The molecule has 0 saturated heterocycles. The number of halogens is 1. The maximum Gasteiger partial charge on any atom is 0.135 e. The van der Waals surface area contributed by atoms with Crippen molar-refractivity contribution in [3.05, 3.63) is 53.3 Å². The maximum atomic E-state index is 5.90. The van der Waals surface area contributed by atoms with Crippen molar-refractivity contribution < 1.29 is 4.74 Å². The molecule has 2 aromatic rings. The third-order valence-corrected chi connectivity index (χ3v) is 3.05. The van der Waals surface area contributed by atoms with Crippen molar-refractivity contribution in [2.45, 2.75) is 26.1 Å². The number of ether oxygens (including phenoxy) is 1. The highest BCUT2D eigenvalue weighted by atomic mass is 35.5. The number of hydrogen-bond donors (Lipinski definition) is 0. The van der Waals surface area contributed by atoms with Crippen LogP contribution in [-0.2, 0) is 12.3 Å². The van der Waals surface area contributed by atoms with Gasteiger partial charge in [0.15, 0.2) is 0 Å². The molecule has 2 nitrogen and oxygen atoms in total. The van der Waals surface area contributed by atoms with Crippen molar-refractivity contribution in [1.82, 2.24) is 4.98 Å². The van der Waals surface area contributed by atoms with E-state index in [4.69, 9.17) is 16.3 Å². The van der Waals surface area contributed by atoms with E-state index < -0.39 is 0 Å². The van der Waals surface area contributed by atoms with E-state index >= 15 is 0 Å². The van der Waals surface area contributed by atoms with Gasteiger partial charge in [0.1, 0.15) is 11.5 Å². The Morgan fingerprint density at radius 1 is 1.28 bits per heavy atom. The van der Waals surface area contributed by atoms with Crippen molar-refractivity contribution in [1.29, 1.82) is 0 Å². The first-order valence-electron chi connectivity index (χ1n) is 6.01. The fraction of sp³-hybridized carbons (Fsp3) is 0.267. The van der Waals surface area contributed by atoms with E-state index in [1.165, 1.54) is 5.56 Å². The summed E-state index contributed by atoms with van der Waals surface area (Å²) in [6, 6.07) is 10.0. The van der Waals surface area contributed by atoms with E-state index in [-0.39, 0.29) is 0 Å². The van der Waals surface area contributed by atoms with Gasteiger partial charge in [0.2, 0.25) is 0 Å². The van der Waals surface area contributed by atoms with E-state index in [9.17, 15) is 0 Å². The predicted octanol–water partition coefficient (Wildman–Crippen LogP) is 4.48. The molecule has 0 atom stereocenters. The second-order valence-electron chi connectivity index (χ2n) is 4.17. The summed E-state index contributed by atoms with van der Waals surface area (Å²) in [5.41, 5.74) is 3.08. The van der Waals surface area contributed by atoms with Crippen molar-refractivity contribution >= 4 is 11.6 Å². The number of aromatic nitrogens is 1. The molecule has 1 heterocycles. The zero-order chi connectivity index (χ0) is 13.0. The molecule has 1 aromatic carbocycles. The molecule has 0 radical (unpaired) electrons. The molecular weight excluding hydrogens is 246 g/mol. The largest absolute Gasteiger partial charge is 0.457 e. The van der Waals surface area contributed by atoms with Crippen LogP contribution in [0.15, 0.2) is 36.5 Å². The zero-order valence-electron chi connectivity index (χ0n) is 10.6. The topological polar surface area (TPSA) is 22.1 Å². The van der Waals surface area contributed by atoms with Gasteiger partial charge >= 0.3 is 0 Å². The first-order chi connectivity index (χ1) is 8.72. The van der Waals surface area contributed by atoms with Gasteiger partial charge in [0.05, 0.1) is 5.88 Å². The van der Waals surface area contributed by atoms with Crippen molar-refractivity contribution in [3.63, 3.8) is 0 Å². The van der Waals surface area contributed by atoms with E-state index in [1.807, 2.05) is 31.2 Å². The fourth-order valence-electron chi connectivity index (χ4n) is 1.71. The van der Waals surface area contributed by atoms with Crippen molar-refractivity contribution in [2.24, 2.45) is 0 Å². The minimum Gasteiger partial charge on any atom is -0.457 e. The number of aryl methyl sites for hydroxylation is 2. The number of alkyl halides is 1. The number of pyridine rings is 1. The molecule has 2 rings (SSSR count). The van der Waals surface area contributed by atoms with Crippen LogP contribution < -0.4 is 4.74 Å². The van der Waals surface area contributed by atoms with Crippen LogP contribution >= 0.6 is 11.6 Å². The molecule has 0 aliphatic heterocycles. The van der Waals surface area contributed by atoms with Gasteiger partial charge < -0.3 is 4.74 Å². The normalized spacial score (nSPS) is 10.4. The lowest BCUT2D eigenvalue weighted by Crippen LogP contribution is -1.93. The molecule has 0 fully saturated rings. The van der Waals surface area contributed by atoms with Crippen LogP contribution in [0.25, 0.3) is 0 Å². The van der Waals surface area contributed by atoms with Crippen LogP contribution in [0.4, 0.5) is 0 Å². The quantitative estimate of drug-likeness (QED) is 0.757. The molecular formula is C15H16ClNO. The van der Waals surface area contributed by atoms with Gasteiger partial charge in [-0.1, -0.05) is 19.1 Å². The monoisotopic (exact) mass is 261 g/mol. The standard InChI is InChI=1S/C15H16ClNO/c1-3-12-5-4-6-14(8-12)18-15-7-11(2)17-10-13(15)9-16/h4-8,10H,3,9H2,1-2H3. The van der Waals surface area contributed by atoms with Crippen LogP contribution in [0.1, 0.15) is 23.7 Å². The Labute approximate surface area is 113 Å². The smallest absolute Gasteiger partial charge is 0.135 e. The molecule has 1 aromatic heterocycles. The molecule has 0 unspecified atom stereocenters. The Hall–Kier alpha value is -1.54. The number of benzene rings is 1. The molecule has 0 spiro atoms. The second-order valence-corrected chi connectivity index (χ2v) is 4.44. The van der Waals surface area contributed by atoms with Crippen LogP contribution in [-0.4, -0.2) is 4.98 Å². The molecule has 18 heavy (non-hydrogen) atoms. The predicted molar refractivity (Wildman–Crippen MR) is 74.4 cm³/mol. The number of rotatable bonds is 4. The number of nitrogens with zero attached hydrogens (tertiary/aromatic N) is 1. The van der Waals surface area contributed by atoms with E-state index in [1.54, 1.807) is 6.20 Å². The molecule has 0 N–H and O–H groups in total. The number of hydrogen-bond acceptors (Lipinski definition) is 2. The summed E-state index contributed by atoms with van der Waals surface area (Å²) in [5.74, 6) is 2.02. The highest BCUT2D eigenvalue weighted by molar-refractivity contribution is 6.17. The summed E-state index contributed by atoms with van der Waals surface area (Å²) < 4.78 is 5.90. The highest BCUT2D eigenvalue weighted by Crippen LogP contribution is 2.27. The minimum absolute atomic E-state index is 0.399. The fourth-order valence-corrected chi connectivity index (χ4v) is 1.91. The first kappa shape index (κ1) is 12.9. The van der Waals surface area contributed by atoms with Crippen molar-refractivity contribution in [3.8, 4) is 11.5 Å². The summed E-state index contributed by atoms with van der Waals surface area (Å²) in [7, 11) is 0. The van der Waals surface area contributed by atoms with E-state index in [0.717, 1.165) is 29.2 Å². The van der Waals surface area contributed by atoms with Gasteiger partial charge in [-0.25, -0.2) is 0 Å². The average Bonchev–Trinajstić information content (AvgIpc) is 2.39. The van der Waals surface area contributed by atoms with Crippen molar-refractivity contribution in [2.75, 3.05) is 0 Å². The van der Waals surface area contributed by atoms with E-state index in [0.29, 0.717) is 5.88 Å². The van der Waals surface area contributed by atoms with Crippen LogP contribution in [0.3, 0.4) is 0 Å². The van der Waals surface area contributed by atoms with Crippen LogP contribution in [0.5, 0.6) is 11.5 Å². The van der Waals surface area contributed by atoms with Gasteiger partial charge in [0, 0.05) is 23.5 Å². The maximum absolute atomic E-state index is 5.90. The van der Waals surface area contributed by atoms with Gasteiger partial charge in [-0.15, -0.1) is 11.6 Å². The molecule has 0 amide bonds. The highest BCUT2D eigenvalue weighted by Gasteiger charge is 2.06. The third-order valence-electron chi connectivity index (χ3n) is 2.76. The van der Waals surface area contributed by atoms with Gasteiger partial charge in [-0.2, -0.15) is 0 Å². The Morgan fingerprint density at radius 3 is 2.83 bits per heavy atom. The summed E-state index contributed by atoms with van der Waals surface area (Å²) in [4.78, 5) is 4.22. The van der Waals surface area contributed by atoms with Gasteiger partial charge in [-0.3, -0.25) is 4.98 Å². The lowest BCUT2D eigenvalue weighted by atomic mass is 10.1. The summed E-state index contributed by atoms with van der Waals surface area (Å²) in [6.45, 7) is 4.06. The molecule has 0 bridgehead atoms. The van der Waals surface area contributed by atoms with Gasteiger partial charge in [0.25, 0.3) is 0 Å². The van der Waals surface area contributed by atoms with Crippen LogP contribution in [0, 0.1) is 6.92 Å². The Balaban J connectivity index is 2.29. The second kappa shape index (κ2) is 5.87. The molecule has 0 aliphatic rings. The van der Waals surface area contributed by atoms with Crippen LogP contribution in [0.2, 0.25) is 0 Å². The molecule has 3 heteroatoms. The summed E-state index contributed by atoms with van der Waals surface area (Å²) in [5, 5.41) is 0. The third kappa shape index (κ3) is 3.02. The zero-order valence-corrected chi connectivity index (χ0v) is 11.4. The first-order valence-corrected chi connectivity index (χ1v) is 6.54. The lowest BCUT2D eigenvalue weighted by Gasteiger charge is -2.10. The SMILES string of the molecule is CCc1cccc(Oc2cc(C)ncc2CCl)c1. The van der Waals surface area contributed by atoms with Gasteiger partial charge in [-0.05, 0) is 31.0 Å². The Kier molecular flexibility index (Phi) is 4.21. The summed E-state index contributed by atoms with van der Waals surface area (Å²) >= 11 is 5.89. The Morgan fingerprint density at radius 2 is 2.11 bits per heavy atom.